The number of nitrogens with one attached hydrogen (secondary N) is 1. The van der Waals surface area contributed by atoms with Crippen molar-refractivity contribution in [3.63, 3.8) is 0 Å². The molecule has 0 radical (unpaired) electrons. The molecule has 0 saturated heterocycles. The largest absolute Gasteiger partial charge is 0.462 e. The van der Waals surface area contributed by atoms with Crippen LogP contribution in [0.5, 0.6) is 0 Å². The molecule has 0 unspecified atom stereocenters. The normalized spacial score (nSPS) is 10.9. The topological polar surface area (TPSA) is 58.3 Å². The summed E-state index contributed by atoms with van der Waals surface area (Å²) >= 11 is 1.73. The summed E-state index contributed by atoms with van der Waals surface area (Å²) in [5, 5.41) is 13.2. The Morgan fingerprint density at radius 1 is 1.35 bits per heavy atom. The summed E-state index contributed by atoms with van der Waals surface area (Å²) in [5.41, 5.74) is 0. The molecule has 2 heterocycles. The van der Waals surface area contributed by atoms with E-state index in [4.69, 9.17) is 9.52 Å². The van der Waals surface area contributed by atoms with Gasteiger partial charge in [0.1, 0.15) is 23.1 Å². The van der Waals surface area contributed by atoms with E-state index in [2.05, 4.69) is 17.2 Å². The molecule has 0 saturated carbocycles. The van der Waals surface area contributed by atoms with Crippen LogP contribution in [0.3, 0.4) is 0 Å². The van der Waals surface area contributed by atoms with Crippen LogP contribution in [-0.2, 0) is 26.1 Å². The summed E-state index contributed by atoms with van der Waals surface area (Å²) in [6.07, 6.45) is 2.97. The maximum atomic E-state index is 8.86. The number of aliphatic hydroxyl groups excluding tert-OH is 1. The number of rotatable bonds is 6. The molecule has 0 aliphatic heterocycles. The molecule has 92 valence electrons. The minimum Gasteiger partial charge on any atom is -0.462 e. The summed E-state index contributed by atoms with van der Waals surface area (Å²) in [6.45, 7) is 3.48. The number of thiazole rings is 1. The van der Waals surface area contributed by atoms with E-state index in [0.717, 1.165) is 23.7 Å². The Morgan fingerprint density at radius 3 is 2.82 bits per heavy atom. The zero-order chi connectivity index (χ0) is 12.1. The van der Waals surface area contributed by atoms with Crippen LogP contribution in [0.15, 0.2) is 22.7 Å². The van der Waals surface area contributed by atoms with Crippen molar-refractivity contribution in [2.24, 2.45) is 0 Å². The van der Waals surface area contributed by atoms with Crippen molar-refractivity contribution in [1.82, 2.24) is 10.3 Å². The van der Waals surface area contributed by atoms with E-state index in [1.807, 2.05) is 12.3 Å². The van der Waals surface area contributed by atoms with Gasteiger partial charge in [0.15, 0.2) is 0 Å². The molecule has 5 heteroatoms. The lowest BCUT2D eigenvalue weighted by molar-refractivity contribution is 0.242. The highest BCUT2D eigenvalue weighted by Crippen LogP contribution is 2.13. The first-order valence-corrected chi connectivity index (χ1v) is 6.46. The van der Waals surface area contributed by atoms with Gasteiger partial charge in [0.2, 0.25) is 0 Å². The molecule has 0 fully saturated rings. The van der Waals surface area contributed by atoms with Crippen LogP contribution >= 0.6 is 11.3 Å². The van der Waals surface area contributed by atoms with Crippen molar-refractivity contribution in [2.45, 2.75) is 33.0 Å². The average molecular weight is 252 g/mol. The summed E-state index contributed by atoms with van der Waals surface area (Å²) in [7, 11) is 0. The van der Waals surface area contributed by atoms with Gasteiger partial charge in [-0.3, -0.25) is 0 Å². The lowest BCUT2D eigenvalue weighted by Crippen LogP contribution is -2.11. The minimum atomic E-state index is -0.0493. The Balaban J connectivity index is 1.79. The molecule has 0 aromatic carbocycles. The average Bonchev–Trinajstić information content (AvgIpc) is 2.97. The van der Waals surface area contributed by atoms with E-state index in [9.17, 15) is 0 Å². The number of hydrogen-bond acceptors (Lipinski definition) is 5. The predicted octanol–water partition coefficient (Wildman–Crippen LogP) is 2.08. The van der Waals surface area contributed by atoms with Crippen molar-refractivity contribution < 1.29 is 9.52 Å². The molecule has 2 aromatic rings. The molecule has 2 rings (SSSR count). The summed E-state index contributed by atoms with van der Waals surface area (Å²) in [6, 6.07) is 3.66. The monoisotopic (exact) mass is 252 g/mol. The van der Waals surface area contributed by atoms with Gasteiger partial charge < -0.3 is 14.8 Å². The van der Waals surface area contributed by atoms with Gasteiger partial charge in [-0.05, 0) is 18.6 Å². The zero-order valence-corrected chi connectivity index (χ0v) is 10.6. The van der Waals surface area contributed by atoms with Gasteiger partial charge in [-0.15, -0.1) is 11.3 Å². The first-order valence-electron chi connectivity index (χ1n) is 5.64. The molecule has 17 heavy (non-hydrogen) atoms. The maximum absolute atomic E-state index is 8.86. The standard InChI is InChI=1S/C12H16N2O2S/c1-2-11-6-14-12(17-11)7-13-5-9-3-4-10(8-15)16-9/h3-4,6,13,15H,2,5,7-8H2,1H3. The smallest absolute Gasteiger partial charge is 0.129 e. The second kappa shape index (κ2) is 5.95. The van der Waals surface area contributed by atoms with E-state index in [1.54, 1.807) is 17.4 Å². The third-order valence-electron chi connectivity index (χ3n) is 2.40. The fourth-order valence-corrected chi connectivity index (χ4v) is 2.32. The molecular weight excluding hydrogens is 236 g/mol. The van der Waals surface area contributed by atoms with E-state index < -0.39 is 0 Å². The summed E-state index contributed by atoms with van der Waals surface area (Å²) in [5.74, 6) is 1.44. The van der Waals surface area contributed by atoms with Crippen molar-refractivity contribution >= 4 is 11.3 Å². The molecule has 2 aromatic heterocycles. The Kier molecular flexibility index (Phi) is 4.30. The number of furan rings is 1. The van der Waals surface area contributed by atoms with Gasteiger partial charge in [0.25, 0.3) is 0 Å². The number of aromatic nitrogens is 1. The Morgan fingerprint density at radius 2 is 2.18 bits per heavy atom. The fraction of sp³-hybridized carbons (Fsp3) is 0.417. The Labute approximate surface area is 104 Å². The van der Waals surface area contributed by atoms with E-state index >= 15 is 0 Å². The first kappa shape index (κ1) is 12.3. The summed E-state index contributed by atoms with van der Waals surface area (Å²) in [4.78, 5) is 5.63. The van der Waals surface area contributed by atoms with E-state index in [0.29, 0.717) is 12.3 Å². The molecular formula is C12H16N2O2S. The fourth-order valence-electron chi connectivity index (χ4n) is 1.49. The summed E-state index contributed by atoms with van der Waals surface area (Å²) < 4.78 is 5.37. The minimum absolute atomic E-state index is 0.0493. The quantitative estimate of drug-likeness (QED) is 0.826. The van der Waals surface area contributed by atoms with Gasteiger partial charge in [-0.25, -0.2) is 4.98 Å². The van der Waals surface area contributed by atoms with Crippen LogP contribution in [0.2, 0.25) is 0 Å². The molecule has 0 amide bonds. The van der Waals surface area contributed by atoms with Crippen LogP contribution in [0, 0.1) is 0 Å². The van der Waals surface area contributed by atoms with E-state index in [-0.39, 0.29) is 6.61 Å². The SMILES string of the molecule is CCc1cnc(CNCc2ccc(CO)o2)s1. The van der Waals surface area contributed by atoms with Crippen molar-refractivity contribution in [3.8, 4) is 0 Å². The molecule has 0 spiro atoms. The van der Waals surface area contributed by atoms with Crippen LogP contribution in [0.4, 0.5) is 0 Å². The van der Waals surface area contributed by atoms with Crippen LogP contribution in [-0.4, -0.2) is 10.1 Å². The maximum Gasteiger partial charge on any atom is 0.129 e. The second-order valence-electron chi connectivity index (χ2n) is 3.70. The predicted molar refractivity (Wildman–Crippen MR) is 66.7 cm³/mol. The number of aliphatic hydroxyl groups is 1. The highest BCUT2D eigenvalue weighted by molar-refractivity contribution is 7.11. The Bertz CT molecular complexity index is 422. The van der Waals surface area contributed by atoms with Gasteiger partial charge in [0, 0.05) is 17.6 Å². The van der Waals surface area contributed by atoms with Gasteiger partial charge >= 0.3 is 0 Å². The molecule has 0 aliphatic carbocycles. The highest BCUT2D eigenvalue weighted by atomic mass is 32.1. The number of nitrogens with zero attached hydrogens (tertiary/aromatic N) is 1. The van der Waals surface area contributed by atoms with Crippen LogP contribution in [0.25, 0.3) is 0 Å². The lowest BCUT2D eigenvalue weighted by Gasteiger charge is -1.99. The second-order valence-corrected chi connectivity index (χ2v) is 4.90. The first-order chi connectivity index (χ1) is 8.31. The van der Waals surface area contributed by atoms with Crippen molar-refractivity contribution in [2.75, 3.05) is 0 Å². The van der Waals surface area contributed by atoms with Gasteiger partial charge in [-0.1, -0.05) is 6.92 Å². The van der Waals surface area contributed by atoms with Crippen LogP contribution < -0.4 is 5.32 Å². The highest BCUT2D eigenvalue weighted by Gasteiger charge is 2.02. The molecule has 0 atom stereocenters. The zero-order valence-electron chi connectivity index (χ0n) is 9.77. The molecule has 0 bridgehead atoms. The van der Waals surface area contributed by atoms with Crippen molar-refractivity contribution in [3.05, 3.63) is 39.7 Å². The van der Waals surface area contributed by atoms with E-state index in [1.165, 1.54) is 4.88 Å². The third-order valence-corrected chi connectivity index (χ3v) is 3.54. The third kappa shape index (κ3) is 3.39. The van der Waals surface area contributed by atoms with Gasteiger partial charge in [0.05, 0.1) is 6.54 Å². The van der Waals surface area contributed by atoms with Crippen molar-refractivity contribution in [1.29, 1.82) is 0 Å². The number of aryl methyl sites for hydroxylation is 1. The van der Waals surface area contributed by atoms with Crippen LogP contribution in [0.1, 0.15) is 28.3 Å². The number of hydrogen-bond donors (Lipinski definition) is 2. The molecule has 0 aliphatic rings. The molecule has 2 N–H and O–H groups in total. The molecule has 4 nitrogen and oxygen atoms in total. The van der Waals surface area contributed by atoms with Gasteiger partial charge in [-0.2, -0.15) is 0 Å². The Hall–Kier alpha value is -1.17. The lowest BCUT2D eigenvalue weighted by atomic mass is 10.4.